The number of amides is 1. The summed E-state index contributed by atoms with van der Waals surface area (Å²) in [5.41, 5.74) is 2.89. The van der Waals surface area contributed by atoms with Crippen molar-refractivity contribution >= 4 is 18.0 Å². The van der Waals surface area contributed by atoms with E-state index < -0.39 is 11.5 Å². The summed E-state index contributed by atoms with van der Waals surface area (Å²) in [5.74, 6) is -0.465. The Balaban J connectivity index is 2.82. The third-order valence-electron chi connectivity index (χ3n) is 3.82. The lowest BCUT2D eigenvalue weighted by molar-refractivity contribution is -0.158. The molecule has 1 aromatic carbocycles. The van der Waals surface area contributed by atoms with Gasteiger partial charge in [0.2, 0.25) is 0 Å². The molecule has 0 aliphatic heterocycles. The van der Waals surface area contributed by atoms with Crippen LogP contribution in [0, 0.1) is 5.92 Å². The molecule has 1 amide bonds. The van der Waals surface area contributed by atoms with Gasteiger partial charge in [-0.25, -0.2) is 5.48 Å². The van der Waals surface area contributed by atoms with Crippen molar-refractivity contribution in [3.8, 4) is 0 Å². The Morgan fingerprint density at radius 2 is 1.74 bits per heavy atom. The van der Waals surface area contributed by atoms with Gasteiger partial charge in [-0.15, -0.1) is 0 Å². The molecule has 0 bridgehead atoms. The number of rotatable bonds is 8. The van der Waals surface area contributed by atoms with Crippen molar-refractivity contribution < 1.29 is 19.5 Å². The van der Waals surface area contributed by atoms with Gasteiger partial charge in [0.1, 0.15) is 11.6 Å². The summed E-state index contributed by atoms with van der Waals surface area (Å²) < 4.78 is 5.55. The maximum Gasteiger partial charge on any atom is 0.323 e. The Morgan fingerprint density at radius 1 is 1.15 bits per heavy atom. The van der Waals surface area contributed by atoms with Crippen molar-refractivity contribution in [2.24, 2.45) is 5.92 Å². The van der Waals surface area contributed by atoms with Crippen molar-refractivity contribution in [1.82, 2.24) is 10.8 Å². The van der Waals surface area contributed by atoms with Crippen LogP contribution in [0.1, 0.15) is 65.1 Å². The van der Waals surface area contributed by atoms with E-state index in [2.05, 4.69) is 19.2 Å². The zero-order valence-corrected chi connectivity index (χ0v) is 17.1. The molecule has 1 rings (SSSR count). The zero-order valence-electron chi connectivity index (χ0n) is 17.1. The van der Waals surface area contributed by atoms with E-state index in [1.54, 1.807) is 11.6 Å². The molecule has 0 aromatic heterocycles. The summed E-state index contributed by atoms with van der Waals surface area (Å²) in [6.45, 7) is 11.8. The van der Waals surface area contributed by atoms with Crippen molar-refractivity contribution in [3.63, 3.8) is 0 Å². The third-order valence-corrected chi connectivity index (χ3v) is 3.82. The Kier molecular flexibility index (Phi) is 8.66. The summed E-state index contributed by atoms with van der Waals surface area (Å²) in [6, 6.07) is 7.21. The minimum Gasteiger partial charge on any atom is -0.459 e. The number of hydroxylamine groups is 1. The average molecular weight is 376 g/mol. The van der Waals surface area contributed by atoms with Gasteiger partial charge in [0.05, 0.1) is 0 Å². The molecule has 0 aliphatic carbocycles. The van der Waals surface area contributed by atoms with E-state index in [1.807, 2.05) is 52.0 Å². The zero-order chi connectivity index (χ0) is 20.6. The summed E-state index contributed by atoms with van der Waals surface area (Å²) in [6.07, 6.45) is 3.55. The number of hydrogen-bond acceptors (Lipinski definition) is 5. The van der Waals surface area contributed by atoms with Gasteiger partial charge in [0, 0.05) is 12.1 Å². The number of hydrogen-bond donors (Lipinski definition) is 3. The highest BCUT2D eigenvalue weighted by Crippen LogP contribution is 2.19. The standard InChI is InChI=1S/C21H32N2O4/c1-14(2)13-18(20(25)27-21(4,5)6)22-15(3)17-10-7-16(8-11-17)9-12-19(24)23-26/h7-12,14-15,18,22,26H,13H2,1-6H3,(H,23,24)/b12-9+/t15?,18-/m0/s1. The fraction of sp³-hybridized carbons (Fsp3) is 0.524. The lowest BCUT2D eigenvalue weighted by atomic mass is 10.0. The van der Waals surface area contributed by atoms with Crippen LogP contribution in [0.3, 0.4) is 0 Å². The molecule has 27 heavy (non-hydrogen) atoms. The molecule has 0 saturated carbocycles. The van der Waals surface area contributed by atoms with Gasteiger partial charge in [0.25, 0.3) is 5.91 Å². The molecular weight excluding hydrogens is 344 g/mol. The van der Waals surface area contributed by atoms with Crippen LogP contribution >= 0.6 is 0 Å². The highest BCUT2D eigenvalue weighted by molar-refractivity contribution is 5.90. The Bertz CT molecular complexity index is 645. The van der Waals surface area contributed by atoms with Crippen LogP contribution in [-0.4, -0.2) is 28.7 Å². The highest BCUT2D eigenvalue weighted by atomic mass is 16.6. The van der Waals surface area contributed by atoms with Crippen LogP contribution in [0.2, 0.25) is 0 Å². The first kappa shape index (κ1) is 22.9. The van der Waals surface area contributed by atoms with Gasteiger partial charge in [-0.3, -0.25) is 20.1 Å². The fourth-order valence-electron chi connectivity index (χ4n) is 2.58. The molecule has 6 nitrogen and oxygen atoms in total. The molecular formula is C21H32N2O4. The second-order valence-electron chi connectivity index (χ2n) is 8.08. The number of carbonyl (C=O) groups excluding carboxylic acids is 2. The van der Waals surface area contributed by atoms with Gasteiger partial charge in [-0.2, -0.15) is 0 Å². The maximum atomic E-state index is 12.5. The Hall–Kier alpha value is -2.18. The lowest BCUT2D eigenvalue weighted by Crippen LogP contribution is -2.43. The van der Waals surface area contributed by atoms with Gasteiger partial charge < -0.3 is 4.74 Å². The number of benzene rings is 1. The Morgan fingerprint density at radius 3 is 2.22 bits per heavy atom. The van der Waals surface area contributed by atoms with Crippen molar-refractivity contribution in [2.75, 3.05) is 0 Å². The molecule has 3 N–H and O–H groups in total. The van der Waals surface area contributed by atoms with E-state index in [0.29, 0.717) is 12.3 Å². The van der Waals surface area contributed by atoms with Gasteiger partial charge in [-0.1, -0.05) is 38.1 Å². The fourth-order valence-corrected chi connectivity index (χ4v) is 2.58. The van der Waals surface area contributed by atoms with Gasteiger partial charge >= 0.3 is 5.97 Å². The minimum absolute atomic E-state index is 0.0416. The number of carbonyl (C=O) groups is 2. The molecule has 0 spiro atoms. The number of esters is 1. The molecule has 1 unspecified atom stereocenters. The van der Waals surface area contributed by atoms with Gasteiger partial charge in [-0.05, 0) is 57.2 Å². The van der Waals surface area contributed by atoms with E-state index in [9.17, 15) is 9.59 Å². The molecule has 6 heteroatoms. The van der Waals surface area contributed by atoms with Crippen molar-refractivity contribution in [3.05, 3.63) is 41.5 Å². The molecule has 0 heterocycles. The Labute approximate surface area is 162 Å². The number of ether oxygens (including phenoxy) is 1. The molecule has 0 fully saturated rings. The van der Waals surface area contributed by atoms with E-state index >= 15 is 0 Å². The largest absolute Gasteiger partial charge is 0.459 e. The molecule has 0 saturated heterocycles. The summed E-state index contributed by atoms with van der Waals surface area (Å²) in [4.78, 5) is 23.6. The topological polar surface area (TPSA) is 87.7 Å². The smallest absolute Gasteiger partial charge is 0.323 e. The second-order valence-corrected chi connectivity index (χ2v) is 8.08. The van der Waals surface area contributed by atoms with Crippen LogP contribution < -0.4 is 10.8 Å². The predicted octanol–water partition coefficient (Wildman–Crippen LogP) is 3.61. The average Bonchev–Trinajstić information content (AvgIpc) is 2.57. The molecule has 2 atom stereocenters. The van der Waals surface area contributed by atoms with Crippen LogP contribution in [0.5, 0.6) is 0 Å². The quantitative estimate of drug-likeness (QED) is 0.279. The van der Waals surface area contributed by atoms with Crippen LogP contribution in [0.25, 0.3) is 6.08 Å². The molecule has 0 aliphatic rings. The van der Waals surface area contributed by atoms with Gasteiger partial charge in [0.15, 0.2) is 0 Å². The van der Waals surface area contributed by atoms with E-state index in [4.69, 9.17) is 9.94 Å². The van der Waals surface area contributed by atoms with E-state index in [0.717, 1.165) is 11.1 Å². The van der Waals surface area contributed by atoms with Crippen LogP contribution in [0.15, 0.2) is 30.3 Å². The lowest BCUT2D eigenvalue weighted by Gasteiger charge is -2.28. The van der Waals surface area contributed by atoms with E-state index in [-0.39, 0.29) is 18.1 Å². The number of nitrogens with one attached hydrogen (secondary N) is 2. The van der Waals surface area contributed by atoms with E-state index in [1.165, 1.54) is 6.08 Å². The summed E-state index contributed by atoms with van der Waals surface area (Å²) >= 11 is 0. The first-order chi connectivity index (χ1) is 12.5. The maximum absolute atomic E-state index is 12.5. The molecule has 150 valence electrons. The third kappa shape index (κ3) is 8.84. The molecule has 0 radical (unpaired) electrons. The van der Waals surface area contributed by atoms with Crippen molar-refractivity contribution in [2.45, 2.75) is 65.6 Å². The monoisotopic (exact) mass is 376 g/mol. The summed E-state index contributed by atoms with van der Waals surface area (Å²) in [5, 5.41) is 11.9. The minimum atomic E-state index is -0.581. The van der Waals surface area contributed by atoms with Crippen LogP contribution in [-0.2, 0) is 14.3 Å². The second kappa shape index (κ2) is 10.2. The highest BCUT2D eigenvalue weighted by Gasteiger charge is 2.27. The van der Waals surface area contributed by atoms with Crippen LogP contribution in [0.4, 0.5) is 0 Å². The SMILES string of the molecule is CC(C)C[C@H](NC(C)c1ccc(/C=C/C(=O)NO)cc1)C(=O)OC(C)(C)C. The first-order valence-corrected chi connectivity index (χ1v) is 9.23. The molecule has 1 aromatic rings. The normalized spacial score (nSPS) is 14.2. The first-order valence-electron chi connectivity index (χ1n) is 9.23. The summed E-state index contributed by atoms with van der Waals surface area (Å²) in [7, 11) is 0. The van der Waals surface area contributed by atoms with Crippen molar-refractivity contribution in [1.29, 1.82) is 0 Å². The predicted molar refractivity (Wildman–Crippen MR) is 106 cm³/mol.